The number of anilines is 2. The van der Waals surface area contributed by atoms with Crippen molar-refractivity contribution >= 4 is 41.5 Å². The first kappa shape index (κ1) is 11.7. The second-order valence-corrected chi connectivity index (χ2v) is 6.65. The maximum absolute atomic E-state index is 8.03. The minimum Gasteiger partial charge on any atom is -0.455 e. The second-order valence-electron chi connectivity index (χ2n) is 6.65. The van der Waals surface area contributed by atoms with Crippen LogP contribution in [0.4, 0.5) is 11.4 Å². The Balaban J connectivity index is 1.69. The SMILES string of the molecule is [2H]C([2H])([2H])N1c2ccccc2N(B2C=c3c(oc4ccccc34)=CN2C)[C@H]1C. The number of nitrogens with zero attached hydrogens (tertiary/aromatic N) is 3. The number of hydrogen-bond acceptors (Lipinski definition) is 4. The Hall–Kier alpha value is -2.82. The van der Waals surface area contributed by atoms with Crippen molar-refractivity contribution in [1.82, 2.24) is 4.81 Å². The molecule has 5 heteroatoms. The van der Waals surface area contributed by atoms with E-state index in [4.69, 9.17) is 8.53 Å². The fraction of sp³-hybridized carbons (Fsp3) is 0.200. The fourth-order valence-electron chi connectivity index (χ4n) is 3.93. The zero-order valence-corrected chi connectivity index (χ0v) is 14.2. The van der Waals surface area contributed by atoms with Crippen LogP contribution in [0.15, 0.2) is 52.9 Å². The molecule has 0 fully saturated rings. The number of benzene rings is 2. The summed E-state index contributed by atoms with van der Waals surface area (Å²) in [5, 5.41) is 2.12. The molecule has 0 bridgehead atoms. The van der Waals surface area contributed by atoms with Crippen LogP contribution in [-0.4, -0.2) is 32.0 Å². The van der Waals surface area contributed by atoms with Crippen molar-refractivity contribution in [2.75, 3.05) is 23.7 Å². The van der Waals surface area contributed by atoms with Gasteiger partial charge in [-0.15, -0.1) is 0 Å². The van der Waals surface area contributed by atoms with Gasteiger partial charge in [0.05, 0.1) is 17.5 Å². The summed E-state index contributed by atoms with van der Waals surface area (Å²) >= 11 is 0. The Bertz CT molecular complexity index is 1190. The molecule has 1 aromatic heterocycles. The van der Waals surface area contributed by atoms with Crippen LogP contribution in [0.5, 0.6) is 0 Å². The molecule has 2 aliphatic heterocycles. The number of hydrogen-bond donors (Lipinski definition) is 0. The molecule has 0 aliphatic carbocycles. The van der Waals surface area contributed by atoms with Gasteiger partial charge in [-0.1, -0.05) is 36.3 Å². The lowest BCUT2D eigenvalue weighted by Gasteiger charge is -2.36. The molecule has 1 atom stereocenters. The highest BCUT2D eigenvalue weighted by Crippen LogP contribution is 2.39. The highest BCUT2D eigenvalue weighted by atomic mass is 16.3. The Morgan fingerprint density at radius 1 is 1.08 bits per heavy atom. The lowest BCUT2D eigenvalue weighted by Crippen LogP contribution is -2.56. The van der Waals surface area contributed by atoms with Gasteiger partial charge in [-0.25, -0.2) is 0 Å². The third kappa shape index (κ3) is 1.95. The molecule has 0 amide bonds. The Kier molecular flexibility index (Phi) is 2.38. The number of rotatable bonds is 1. The van der Waals surface area contributed by atoms with Crippen molar-refractivity contribution < 1.29 is 8.53 Å². The summed E-state index contributed by atoms with van der Waals surface area (Å²) in [4.78, 5) is 5.75. The number of para-hydroxylation sites is 3. The molecule has 124 valence electrons. The molecule has 2 aliphatic rings. The van der Waals surface area contributed by atoms with Gasteiger partial charge in [0.2, 0.25) is 0 Å². The van der Waals surface area contributed by atoms with E-state index in [-0.39, 0.29) is 13.1 Å². The topological polar surface area (TPSA) is 22.9 Å². The van der Waals surface area contributed by atoms with Crippen LogP contribution in [-0.2, 0) is 0 Å². The Morgan fingerprint density at radius 3 is 2.68 bits per heavy atom. The van der Waals surface area contributed by atoms with E-state index in [1.807, 2.05) is 62.6 Å². The van der Waals surface area contributed by atoms with Gasteiger partial charge >= 0.3 is 6.98 Å². The van der Waals surface area contributed by atoms with E-state index in [1.165, 1.54) is 4.90 Å². The molecule has 3 heterocycles. The van der Waals surface area contributed by atoms with Gasteiger partial charge < -0.3 is 18.9 Å². The lowest BCUT2D eigenvalue weighted by atomic mass is 9.69. The van der Waals surface area contributed by atoms with Crippen molar-refractivity contribution in [1.29, 1.82) is 0 Å². The van der Waals surface area contributed by atoms with Gasteiger partial charge in [-0.3, -0.25) is 0 Å². The van der Waals surface area contributed by atoms with E-state index in [2.05, 4.69) is 21.7 Å². The average molecular weight is 332 g/mol. The van der Waals surface area contributed by atoms with Gasteiger partial charge in [0.25, 0.3) is 0 Å². The summed E-state index contributed by atoms with van der Waals surface area (Å²) in [6.45, 7) is -0.400. The summed E-state index contributed by atoms with van der Waals surface area (Å²) < 4.78 is 30.1. The first-order valence-electron chi connectivity index (χ1n) is 9.96. The van der Waals surface area contributed by atoms with E-state index < -0.39 is 6.98 Å². The van der Waals surface area contributed by atoms with Gasteiger partial charge in [0, 0.05) is 27.9 Å². The first-order chi connectivity index (χ1) is 13.4. The quantitative estimate of drug-likeness (QED) is 0.638. The monoisotopic (exact) mass is 332 g/mol. The minimum absolute atomic E-state index is 0.128. The van der Waals surface area contributed by atoms with E-state index >= 15 is 0 Å². The van der Waals surface area contributed by atoms with Crippen molar-refractivity contribution in [3.05, 3.63) is 59.2 Å². The summed E-state index contributed by atoms with van der Waals surface area (Å²) in [6.07, 6.45) is 1.68. The smallest absolute Gasteiger partial charge is 0.405 e. The number of fused-ring (bicyclic) bond motifs is 4. The van der Waals surface area contributed by atoms with Crippen molar-refractivity contribution in [3.63, 3.8) is 0 Å². The maximum Gasteiger partial charge on any atom is 0.405 e. The van der Waals surface area contributed by atoms with E-state index in [9.17, 15) is 0 Å². The van der Waals surface area contributed by atoms with Gasteiger partial charge in [-0.05, 0) is 32.2 Å². The fourth-order valence-corrected chi connectivity index (χ4v) is 3.93. The maximum atomic E-state index is 8.03. The molecular formula is C20H20BN3O. The largest absolute Gasteiger partial charge is 0.455 e. The standard InChI is InChI=1S/C20H20BN3O/c1-14-23(3)17-9-5-6-10-18(17)24(14)21-12-16-15-8-4-7-11-19(15)25-20(16)13-22(21)2/h4-14H,1-3H3/t14-/m0/s1/i3D3. The molecule has 0 saturated heterocycles. The van der Waals surface area contributed by atoms with Crippen LogP contribution in [0.1, 0.15) is 11.0 Å². The molecular weight excluding hydrogens is 309 g/mol. The normalized spacial score (nSPS) is 21.2. The Labute approximate surface area is 151 Å². The molecule has 5 rings (SSSR count). The minimum atomic E-state index is -2.21. The van der Waals surface area contributed by atoms with Crippen LogP contribution in [0, 0.1) is 0 Å². The summed E-state index contributed by atoms with van der Waals surface area (Å²) in [5.41, 5.74) is 3.34. The summed E-state index contributed by atoms with van der Waals surface area (Å²) in [5.74, 6) is 2.16. The molecule has 0 radical (unpaired) electrons. The van der Waals surface area contributed by atoms with Crippen molar-refractivity contribution in [3.8, 4) is 0 Å². The van der Waals surface area contributed by atoms with Crippen LogP contribution in [0.3, 0.4) is 0 Å². The molecule has 4 nitrogen and oxygen atoms in total. The van der Waals surface area contributed by atoms with Crippen molar-refractivity contribution in [2.45, 2.75) is 13.1 Å². The zero-order chi connectivity index (χ0) is 19.6. The van der Waals surface area contributed by atoms with Gasteiger partial charge in [0.15, 0.2) is 0 Å². The summed E-state index contributed by atoms with van der Waals surface area (Å²) in [6, 6.07) is 15.7. The Morgan fingerprint density at radius 2 is 1.84 bits per heavy atom. The molecule has 0 unspecified atom stereocenters. The average Bonchev–Trinajstić information content (AvgIpc) is 3.14. The van der Waals surface area contributed by atoms with Crippen LogP contribution in [0.2, 0.25) is 0 Å². The van der Waals surface area contributed by atoms with Gasteiger partial charge in [0.1, 0.15) is 11.0 Å². The number of furan rings is 1. The van der Waals surface area contributed by atoms with Crippen LogP contribution >= 0.6 is 0 Å². The highest BCUT2D eigenvalue weighted by molar-refractivity contribution is 6.75. The van der Waals surface area contributed by atoms with Crippen molar-refractivity contribution in [2.24, 2.45) is 0 Å². The molecule has 25 heavy (non-hydrogen) atoms. The molecule has 0 spiro atoms. The molecule has 3 aromatic rings. The zero-order valence-electron chi connectivity index (χ0n) is 17.2. The van der Waals surface area contributed by atoms with E-state index in [1.54, 1.807) is 0 Å². The third-order valence-electron chi connectivity index (χ3n) is 5.20. The van der Waals surface area contributed by atoms with Crippen LogP contribution in [0.25, 0.3) is 23.1 Å². The highest BCUT2D eigenvalue weighted by Gasteiger charge is 2.39. The third-order valence-corrected chi connectivity index (χ3v) is 5.20. The predicted octanol–water partition coefficient (Wildman–Crippen LogP) is 2.23. The lowest BCUT2D eigenvalue weighted by molar-refractivity contribution is 0.561. The van der Waals surface area contributed by atoms with Gasteiger partial charge in [-0.2, -0.15) is 0 Å². The van der Waals surface area contributed by atoms with E-state index in [0.717, 1.165) is 33.0 Å². The first-order valence-corrected chi connectivity index (χ1v) is 8.46. The molecule has 0 saturated carbocycles. The molecule has 2 aromatic carbocycles. The van der Waals surface area contributed by atoms with E-state index in [0.29, 0.717) is 0 Å². The van der Waals surface area contributed by atoms with Crippen LogP contribution < -0.4 is 20.3 Å². The second kappa shape index (κ2) is 5.09. The molecule has 0 N–H and O–H groups in total. The predicted molar refractivity (Wildman–Crippen MR) is 105 cm³/mol. The summed E-state index contributed by atoms with van der Waals surface area (Å²) in [7, 11) is 1.99.